The van der Waals surface area contributed by atoms with E-state index in [0.717, 1.165) is 16.7 Å². The Morgan fingerprint density at radius 1 is 0.679 bits per heavy atom. The topological polar surface area (TPSA) is 38.7 Å². The molecule has 0 atom stereocenters. The van der Waals surface area contributed by atoms with Gasteiger partial charge in [-0.25, -0.2) is 15.0 Å². The van der Waals surface area contributed by atoms with Gasteiger partial charge in [0.2, 0.25) is 0 Å². The first-order valence-electron chi connectivity index (χ1n) is 11.3. The molecule has 0 aliphatic rings. The maximum Gasteiger partial charge on any atom is 0.163 e. The number of hydrogen-bond donors (Lipinski definition) is 0. The Bertz CT molecular complexity index is 1280. The van der Waals surface area contributed by atoms with Crippen LogP contribution in [0.15, 0.2) is 78.8 Å². The van der Waals surface area contributed by atoms with Crippen LogP contribution in [0, 0.1) is 6.92 Å². The van der Waals surface area contributed by atoms with Crippen molar-refractivity contribution in [3.05, 3.63) is 90.2 Å². The van der Waals surface area contributed by atoms with Crippen molar-refractivity contribution in [3.63, 3.8) is 0 Å². The van der Waals surface area contributed by atoms with Crippen LogP contribution in [0.5, 0.6) is 0 Å². The van der Waals surface area contributed by atoms with Gasteiger partial charge in [0.15, 0.2) is 11.6 Å². The average Bonchev–Trinajstić information content (AvgIpc) is 2.82. The third-order valence-corrected chi connectivity index (χ3v) is 4.37. The SMILES string of the molecule is [2H]c1c([2H])c(-c2nc(-c3cccc(-c4ccccc4)c3)nc(C(C)C)n2)c([2H])c([2H])c1C. The molecule has 1 heterocycles. The Balaban J connectivity index is 1.93. The zero-order valence-corrected chi connectivity index (χ0v) is 16.1. The molecule has 0 amide bonds. The van der Waals surface area contributed by atoms with Crippen LogP contribution < -0.4 is 0 Å². The van der Waals surface area contributed by atoms with E-state index in [-0.39, 0.29) is 41.5 Å². The quantitative estimate of drug-likeness (QED) is 0.423. The van der Waals surface area contributed by atoms with Crippen LogP contribution in [0.4, 0.5) is 0 Å². The van der Waals surface area contributed by atoms with Gasteiger partial charge < -0.3 is 0 Å². The lowest BCUT2D eigenvalue weighted by Gasteiger charge is -2.11. The predicted molar refractivity (Wildman–Crippen MR) is 115 cm³/mol. The van der Waals surface area contributed by atoms with E-state index in [2.05, 4.69) is 15.0 Å². The first kappa shape index (κ1) is 13.8. The first-order chi connectivity index (χ1) is 15.3. The molecule has 0 aliphatic carbocycles. The Morgan fingerprint density at radius 3 is 1.96 bits per heavy atom. The van der Waals surface area contributed by atoms with E-state index in [1.807, 2.05) is 68.4 Å². The number of nitrogens with zero attached hydrogens (tertiary/aromatic N) is 3. The molecule has 3 heteroatoms. The summed E-state index contributed by atoms with van der Waals surface area (Å²) < 4.78 is 33.2. The van der Waals surface area contributed by atoms with Crippen molar-refractivity contribution in [2.24, 2.45) is 0 Å². The van der Waals surface area contributed by atoms with Gasteiger partial charge >= 0.3 is 0 Å². The summed E-state index contributed by atoms with van der Waals surface area (Å²) in [5.74, 6) is 1.12. The fourth-order valence-electron chi connectivity index (χ4n) is 2.85. The van der Waals surface area contributed by atoms with E-state index < -0.39 is 0 Å². The molecule has 0 unspecified atom stereocenters. The largest absolute Gasteiger partial charge is 0.213 e. The molecule has 0 saturated carbocycles. The molecule has 3 nitrogen and oxygen atoms in total. The minimum atomic E-state index is -0.145. The van der Waals surface area contributed by atoms with Crippen molar-refractivity contribution in [1.29, 1.82) is 0 Å². The van der Waals surface area contributed by atoms with Crippen molar-refractivity contribution >= 4 is 0 Å². The lowest BCUT2D eigenvalue weighted by molar-refractivity contribution is 0.766. The third kappa shape index (κ3) is 3.84. The molecule has 28 heavy (non-hydrogen) atoms. The summed E-state index contributed by atoms with van der Waals surface area (Å²) in [5.41, 5.74) is 3.29. The molecule has 0 fully saturated rings. The highest BCUT2D eigenvalue weighted by molar-refractivity contribution is 5.71. The molecule has 0 N–H and O–H groups in total. The second-order valence-electron chi connectivity index (χ2n) is 6.94. The van der Waals surface area contributed by atoms with Gasteiger partial charge in [-0.2, -0.15) is 0 Å². The average molecular weight is 370 g/mol. The van der Waals surface area contributed by atoms with Crippen LogP contribution in [0.1, 0.15) is 36.6 Å². The van der Waals surface area contributed by atoms with E-state index in [1.54, 1.807) is 6.92 Å². The molecule has 4 rings (SSSR count). The standard InChI is InChI=1S/C25H23N3/c1-17(2)23-26-24(20-14-12-18(3)13-15-20)28-25(27-23)22-11-7-10-21(16-22)19-8-5-4-6-9-19/h4-17H,1-3H3/i12D,13D,14D,15D. The number of aromatic nitrogens is 3. The maximum absolute atomic E-state index is 8.42. The molecule has 0 radical (unpaired) electrons. The minimum absolute atomic E-state index is 0.00688. The monoisotopic (exact) mass is 369 g/mol. The Kier molecular flexibility index (Phi) is 3.80. The maximum atomic E-state index is 8.42. The number of benzene rings is 3. The molecule has 3 aromatic carbocycles. The Morgan fingerprint density at radius 2 is 1.29 bits per heavy atom. The minimum Gasteiger partial charge on any atom is -0.213 e. The van der Waals surface area contributed by atoms with Gasteiger partial charge in [0.05, 0.1) is 5.48 Å². The summed E-state index contributed by atoms with van der Waals surface area (Å²) in [4.78, 5) is 13.8. The predicted octanol–water partition coefficient (Wildman–Crippen LogP) is 6.30. The van der Waals surface area contributed by atoms with Gasteiger partial charge in [0, 0.05) is 17.0 Å². The third-order valence-electron chi connectivity index (χ3n) is 4.37. The Hall–Kier alpha value is -3.33. The zero-order valence-electron chi connectivity index (χ0n) is 20.1. The van der Waals surface area contributed by atoms with Crippen molar-refractivity contribution in [1.82, 2.24) is 15.0 Å². The Labute approximate surface area is 171 Å². The molecule has 138 valence electrons. The van der Waals surface area contributed by atoms with Gasteiger partial charge in [-0.05, 0) is 24.1 Å². The van der Waals surface area contributed by atoms with Gasteiger partial charge in [0.25, 0.3) is 0 Å². The summed E-state index contributed by atoms with van der Waals surface area (Å²) in [6, 6.07) is 17.4. The van der Waals surface area contributed by atoms with Crippen LogP contribution >= 0.6 is 0 Å². The number of rotatable bonds is 4. The molecule has 0 saturated heterocycles. The fourth-order valence-corrected chi connectivity index (χ4v) is 2.85. The van der Waals surface area contributed by atoms with E-state index in [0.29, 0.717) is 17.2 Å². The van der Waals surface area contributed by atoms with Gasteiger partial charge in [0.1, 0.15) is 5.82 Å². The van der Waals surface area contributed by atoms with Crippen LogP contribution in [-0.4, -0.2) is 15.0 Å². The van der Waals surface area contributed by atoms with Crippen LogP contribution in [0.2, 0.25) is 0 Å². The second-order valence-corrected chi connectivity index (χ2v) is 6.94. The smallest absolute Gasteiger partial charge is 0.163 e. The van der Waals surface area contributed by atoms with Crippen molar-refractivity contribution in [2.45, 2.75) is 26.7 Å². The first-order valence-corrected chi connectivity index (χ1v) is 9.27. The fraction of sp³-hybridized carbons (Fsp3) is 0.160. The van der Waals surface area contributed by atoms with Crippen molar-refractivity contribution in [3.8, 4) is 33.9 Å². The summed E-state index contributed by atoms with van der Waals surface area (Å²) in [6.45, 7) is 5.51. The molecule has 0 bridgehead atoms. The van der Waals surface area contributed by atoms with E-state index >= 15 is 0 Å². The van der Waals surface area contributed by atoms with Crippen LogP contribution in [0.25, 0.3) is 33.9 Å². The van der Waals surface area contributed by atoms with E-state index in [4.69, 9.17) is 5.48 Å². The highest BCUT2D eigenvalue weighted by atomic mass is 15.0. The van der Waals surface area contributed by atoms with Gasteiger partial charge in [-0.15, -0.1) is 0 Å². The molecule has 1 aromatic heterocycles. The van der Waals surface area contributed by atoms with E-state index in [9.17, 15) is 0 Å². The van der Waals surface area contributed by atoms with Crippen LogP contribution in [-0.2, 0) is 0 Å². The molecule has 0 aliphatic heterocycles. The molecule has 0 spiro atoms. The highest BCUT2D eigenvalue weighted by Crippen LogP contribution is 2.27. The number of hydrogen-bond acceptors (Lipinski definition) is 3. The van der Waals surface area contributed by atoms with Crippen molar-refractivity contribution in [2.75, 3.05) is 0 Å². The lowest BCUT2D eigenvalue weighted by Crippen LogP contribution is -2.04. The van der Waals surface area contributed by atoms with Crippen LogP contribution in [0.3, 0.4) is 0 Å². The zero-order chi connectivity index (χ0) is 23.0. The highest BCUT2D eigenvalue weighted by Gasteiger charge is 2.13. The van der Waals surface area contributed by atoms with Crippen molar-refractivity contribution < 1.29 is 5.48 Å². The summed E-state index contributed by atoms with van der Waals surface area (Å²) in [6.07, 6.45) is 0. The second kappa shape index (κ2) is 7.73. The van der Waals surface area contributed by atoms with Gasteiger partial charge in [-0.1, -0.05) is 92.1 Å². The molecular formula is C25H23N3. The van der Waals surface area contributed by atoms with E-state index in [1.165, 1.54) is 0 Å². The van der Waals surface area contributed by atoms with Gasteiger partial charge in [-0.3, -0.25) is 0 Å². The normalized spacial score (nSPS) is 13.0. The summed E-state index contributed by atoms with van der Waals surface area (Å²) in [7, 11) is 0. The lowest BCUT2D eigenvalue weighted by atomic mass is 10.0. The molecule has 4 aromatic rings. The molecular weight excluding hydrogens is 342 g/mol. The summed E-state index contributed by atoms with van der Waals surface area (Å²) >= 11 is 0. The summed E-state index contributed by atoms with van der Waals surface area (Å²) in [5, 5.41) is 0.